The van der Waals surface area contributed by atoms with Crippen LogP contribution in [0.3, 0.4) is 0 Å². The van der Waals surface area contributed by atoms with E-state index >= 15 is 0 Å². The number of piperidine rings is 1. The maximum absolute atomic E-state index is 11.2. The first-order valence-electron chi connectivity index (χ1n) is 6.11. The van der Waals surface area contributed by atoms with Crippen molar-refractivity contribution in [2.75, 3.05) is 13.1 Å². The summed E-state index contributed by atoms with van der Waals surface area (Å²) in [5.74, 6) is 0. The lowest BCUT2D eigenvalue weighted by Crippen LogP contribution is -2.38. The van der Waals surface area contributed by atoms with Crippen molar-refractivity contribution in [3.8, 4) is 0 Å². The van der Waals surface area contributed by atoms with E-state index in [1.165, 1.54) is 19.3 Å². The first kappa shape index (κ1) is 11.3. The van der Waals surface area contributed by atoms with Gasteiger partial charge in [0, 0.05) is 13.1 Å². The smallest absolute Gasteiger partial charge is 0.245 e. The Morgan fingerprint density at radius 1 is 1.38 bits per heavy atom. The molecule has 0 N–H and O–H groups in total. The van der Waals surface area contributed by atoms with E-state index in [1.54, 1.807) is 0 Å². The van der Waals surface area contributed by atoms with Gasteiger partial charge in [-0.2, -0.15) is 0 Å². The van der Waals surface area contributed by atoms with Crippen LogP contribution in [0, 0.1) is 0 Å². The summed E-state index contributed by atoms with van der Waals surface area (Å²) in [5.41, 5.74) is 0. The van der Waals surface area contributed by atoms with Crippen molar-refractivity contribution in [1.82, 2.24) is 9.47 Å². The summed E-state index contributed by atoms with van der Waals surface area (Å²) in [6, 6.07) is 0. The normalized spacial score (nSPS) is 19.6. The Morgan fingerprint density at radius 2 is 2.12 bits per heavy atom. The third kappa shape index (κ3) is 2.32. The van der Waals surface area contributed by atoms with Gasteiger partial charge in [0.05, 0.1) is 6.54 Å². The van der Waals surface area contributed by atoms with Gasteiger partial charge in [0.2, 0.25) is 12.5 Å². The average molecular weight is 222 g/mol. The molecular formula is C12H20N3O+. The third-order valence-electron chi connectivity index (χ3n) is 3.27. The third-order valence-corrected chi connectivity index (χ3v) is 3.27. The largest absolute Gasteiger partial charge is 0.297 e. The van der Waals surface area contributed by atoms with Crippen molar-refractivity contribution in [3.63, 3.8) is 0 Å². The standard InChI is InChI=1S/C12H20N3O/c1-2-13-8-9-15(11-13)12(10-16)14-6-4-3-5-7-14/h8-12H,2-7H2,1H3/q+1. The second kappa shape index (κ2) is 5.25. The maximum Gasteiger partial charge on any atom is 0.245 e. The first-order chi connectivity index (χ1) is 7.85. The lowest BCUT2D eigenvalue weighted by atomic mass is 10.1. The predicted octanol–water partition coefficient (Wildman–Crippen LogP) is 0.979. The molecule has 1 fully saturated rings. The fraction of sp³-hybridized carbons (Fsp3) is 0.667. The van der Waals surface area contributed by atoms with E-state index in [0.717, 1.165) is 25.9 Å². The van der Waals surface area contributed by atoms with E-state index in [-0.39, 0.29) is 6.17 Å². The molecule has 2 rings (SSSR count). The molecule has 0 amide bonds. The molecule has 1 aromatic rings. The highest BCUT2D eigenvalue weighted by molar-refractivity contribution is 5.55. The fourth-order valence-corrected chi connectivity index (χ4v) is 2.28. The van der Waals surface area contributed by atoms with Crippen LogP contribution in [-0.2, 0) is 11.3 Å². The molecule has 0 aromatic carbocycles. The zero-order valence-electron chi connectivity index (χ0n) is 9.88. The molecule has 2 heterocycles. The molecule has 0 aliphatic carbocycles. The molecule has 1 aromatic heterocycles. The number of aryl methyl sites for hydroxylation is 1. The molecule has 0 spiro atoms. The van der Waals surface area contributed by atoms with Crippen molar-refractivity contribution >= 4 is 6.29 Å². The highest BCUT2D eigenvalue weighted by atomic mass is 16.1. The number of aromatic nitrogens is 2. The molecular weight excluding hydrogens is 202 g/mol. The molecule has 1 aliphatic rings. The second-order valence-corrected chi connectivity index (χ2v) is 4.34. The van der Waals surface area contributed by atoms with Crippen molar-refractivity contribution in [2.24, 2.45) is 0 Å². The monoisotopic (exact) mass is 222 g/mol. The topological polar surface area (TPSA) is 29.1 Å². The van der Waals surface area contributed by atoms with Crippen LogP contribution in [0.2, 0.25) is 0 Å². The van der Waals surface area contributed by atoms with Crippen molar-refractivity contribution in [2.45, 2.75) is 38.9 Å². The van der Waals surface area contributed by atoms with Crippen LogP contribution in [-0.4, -0.2) is 28.8 Å². The van der Waals surface area contributed by atoms with Gasteiger partial charge in [-0.3, -0.25) is 9.69 Å². The zero-order chi connectivity index (χ0) is 11.4. The SMILES string of the molecule is CC[n+]1ccn(C(C=O)N2CCCCC2)c1. The molecule has 1 atom stereocenters. The minimum Gasteiger partial charge on any atom is -0.297 e. The van der Waals surface area contributed by atoms with Gasteiger partial charge >= 0.3 is 0 Å². The quantitative estimate of drug-likeness (QED) is 0.561. The van der Waals surface area contributed by atoms with E-state index in [2.05, 4.69) is 16.4 Å². The predicted molar refractivity (Wildman–Crippen MR) is 60.8 cm³/mol. The van der Waals surface area contributed by atoms with E-state index in [9.17, 15) is 4.79 Å². The average Bonchev–Trinajstić information content (AvgIpc) is 2.80. The lowest BCUT2D eigenvalue weighted by Gasteiger charge is -2.28. The summed E-state index contributed by atoms with van der Waals surface area (Å²) in [4.78, 5) is 13.5. The van der Waals surface area contributed by atoms with Crippen LogP contribution in [0.1, 0.15) is 32.4 Å². The van der Waals surface area contributed by atoms with Gasteiger partial charge in [-0.05, 0) is 19.8 Å². The van der Waals surface area contributed by atoms with Gasteiger partial charge in [0.1, 0.15) is 12.4 Å². The minimum atomic E-state index is -0.118. The van der Waals surface area contributed by atoms with Crippen LogP contribution in [0.5, 0.6) is 0 Å². The first-order valence-corrected chi connectivity index (χ1v) is 6.11. The number of likely N-dealkylation sites (tertiary alicyclic amines) is 1. The van der Waals surface area contributed by atoms with Gasteiger partial charge in [-0.1, -0.05) is 6.42 Å². The molecule has 0 bridgehead atoms. The molecule has 4 nitrogen and oxygen atoms in total. The summed E-state index contributed by atoms with van der Waals surface area (Å²) in [5, 5.41) is 0. The van der Waals surface area contributed by atoms with Crippen LogP contribution in [0.4, 0.5) is 0 Å². The Balaban J connectivity index is 2.11. The summed E-state index contributed by atoms with van der Waals surface area (Å²) < 4.78 is 4.09. The molecule has 1 saturated heterocycles. The van der Waals surface area contributed by atoms with Crippen molar-refractivity contribution < 1.29 is 9.36 Å². The molecule has 4 heteroatoms. The van der Waals surface area contributed by atoms with Gasteiger partial charge < -0.3 is 0 Å². The van der Waals surface area contributed by atoms with Gasteiger partial charge in [-0.15, -0.1) is 0 Å². The maximum atomic E-state index is 11.2. The Morgan fingerprint density at radius 3 is 2.69 bits per heavy atom. The Bertz CT molecular complexity index is 342. The summed E-state index contributed by atoms with van der Waals surface area (Å²) in [6.07, 6.45) is 10.6. The highest BCUT2D eigenvalue weighted by Gasteiger charge is 2.25. The molecule has 88 valence electrons. The van der Waals surface area contributed by atoms with Crippen LogP contribution < -0.4 is 4.57 Å². The van der Waals surface area contributed by atoms with E-state index in [0.29, 0.717) is 0 Å². The van der Waals surface area contributed by atoms with Crippen molar-refractivity contribution in [3.05, 3.63) is 18.7 Å². The van der Waals surface area contributed by atoms with Gasteiger partial charge in [0.25, 0.3) is 0 Å². The minimum absolute atomic E-state index is 0.118. The second-order valence-electron chi connectivity index (χ2n) is 4.34. The number of rotatable bonds is 4. The van der Waals surface area contributed by atoms with Crippen LogP contribution >= 0.6 is 0 Å². The lowest BCUT2D eigenvalue weighted by molar-refractivity contribution is -0.693. The molecule has 0 radical (unpaired) electrons. The number of carbonyl (C=O) groups is 1. The molecule has 0 saturated carbocycles. The van der Waals surface area contributed by atoms with Crippen LogP contribution in [0.25, 0.3) is 0 Å². The van der Waals surface area contributed by atoms with E-state index < -0.39 is 0 Å². The number of hydrogen-bond donors (Lipinski definition) is 0. The number of hydrogen-bond acceptors (Lipinski definition) is 2. The van der Waals surface area contributed by atoms with Gasteiger partial charge in [-0.25, -0.2) is 9.13 Å². The summed E-state index contributed by atoms with van der Waals surface area (Å²) >= 11 is 0. The summed E-state index contributed by atoms with van der Waals surface area (Å²) in [7, 11) is 0. The Labute approximate surface area is 96.5 Å². The zero-order valence-corrected chi connectivity index (χ0v) is 9.88. The number of carbonyl (C=O) groups excluding carboxylic acids is 1. The number of nitrogens with zero attached hydrogens (tertiary/aromatic N) is 3. The summed E-state index contributed by atoms with van der Waals surface area (Å²) in [6.45, 7) is 5.11. The number of imidazole rings is 1. The number of aldehydes is 1. The van der Waals surface area contributed by atoms with E-state index in [4.69, 9.17) is 0 Å². The van der Waals surface area contributed by atoms with Crippen molar-refractivity contribution in [1.29, 1.82) is 0 Å². The highest BCUT2D eigenvalue weighted by Crippen LogP contribution is 2.17. The van der Waals surface area contributed by atoms with Crippen LogP contribution in [0.15, 0.2) is 18.7 Å². The molecule has 1 unspecified atom stereocenters. The van der Waals surface area contributed by atoms with Gasteiger partial charge in [0.15, 0.2) is 6.29 Å². The Kier molecular flexibility index (Phi) is 3.72. The Hall–Kier alpha value is -1.16. The fourth-order valence-electron chi connectivity index (χ4n) is 2.28. The van der Waals surface area contributed by atoms with E-state index in [1.807, 2.05) is 23.3 Å². The molecule has 1 aliphatic heterocycles. The molecule has 16 heavy (non-hydrogen) atoms.